The normalized spacial score (nSPS) is 25.5. The van der Waals surface area contributed by atoms with Crippen molar-refractivity contribution in [1.82, 2.24) is 0 Å². The van der Waals surface area contributed by atoms with Crippen molar-refractivity contribution in [1.29, 1.82) is 0 Å². The quantitative estimate of drug-likeness (QED) is 0.531. The van der Waals surface area contributed by atoms with Gasteiger partial charge in [-0.25, -0.2) is 0 Å². The van der Waals surface area contributed by atoms with Crippen molar-refractivity contribution in [3.63, 3.8) is 0 Å². The molecular weight excluding hydrogens is 155 g/mol. The van der Waals surface area contributed by atoms with Crippen LogP contribution in [0.4, 0.5) is 0 Å². The van der Waals surface area contributed by atoms with Crippen LogP contribution in [0.3, 0.4) is 0 Å². The predicted molar refractivity (Wildman–Crippen MR) is 57.9 cm³/mol. The first-order valence-corrected chi connectivity index (χ1v) is 5.29. The molecule has 13 heavy (non-hydrogen) atoms. The molecule has 2 radical (unpaired) electrons. The summed E-state index contributed by atoms with van der Waals surface area (Å²) < 4.78 is 0. The Morgan fingerprint density at radius 2 is 1.62 bits per heavy atom. The average Bonchev–Trinajstić information content (AvgIpc) is 2.42. The Hall–Kier alpha value is -0.455. The number of allylic oxidation sites excluding steroid dienone is 4. The first-order chi connectivity index (χ1) is 6.12. The van der Waals surface area contributed by atoms with Crippen molar-refractivity contribution < 1.29 is 0 Å². The van der Waals surface area contributed by atoms with Gasteiger partial charge in [0.15, 0.2) is 0 Å². The Labute approximate surface area is 82.5 Å². The van der Waals surface area contributed by atoms with E-state index in [-0.39, 0.29) is 5.31 Å². The van der Waals surface area contributed by atoms with Gasteiger partial charge >= 0.3 is 0 Å². The van der Waals surface area contributed by atoms with Crippen LogP contribution >= 0.6 is 0 Å². The fraction of sp³-hybridized carbons (Fsp3) is 0.667. The molecule has 0 aromatic carbocycles. The zero-order chi connectivity index (χ0) is 9.47. The Morgan fingerprint density at radius 3 is 2.00 bits per heavy atom. The fourth-order valence-electron chi connectivity index (χ4n) is 2.33. The molecule has 0 amide bonds. The highest BCUT2D eigenvalue weighted by Crippen LogP contribution is 2.54. The lowest BCUT2D eigenvalue weighted by atomic mass is 9.60. The van der Waals surface area contributed by atoms with Crippen LogP contribution in [0.2, 0.25) is 5.31 Å². The monoisotopic (exact) mass is 172 g/mol. The molecule has 0 N–H and O–H groups in total. The highest BCUT2D eigenvalue weighted by atomic mass is 14.4. The number of hydrogen-bond acceptors (Lipinski definition) is 0. The third-order valence-corrected chi connectivity index (χ3v) is 3.55. The summed E-state index contributed by atoms with van der Waals surface area (Å²) >= 11 is 0. The molecule has 2 rings (SSSR count). The van der Waals surface area contributed by atoms with Gasteiger partial charge in [0.1, 0.15) is 0 Å². The molecule has 0 nitrogen and oxygen atoms in total. The van der Waals surface area contributed by atoms with E-state index in [1.54, 1.807) is 0 Å². The largest absolute Gasteiger partial charge is 0.0808 e. The summed E-state index contributed by atoms with van der Waals surface area (Å²) in [7, 11) is 6.38. The molecule has 2 aliphatic rings. The Kier molecular flexibility index (Phi) is 2.13. The zero-order valence-corrected chi connectivity index (χ0v) is 8.64. The van der Waals surface area contributed by atoms with Gasteiger partial charge < -0.3 is 0 Å². The predicted octanol–water partition coefficient (Wildman–Crippen LogP) is 3.41. The first kappa shape index (κ1) is 9.11. The van der Waals surface area contributed by atoms with Gasteiger partial charge in [-0.3, -0.25) is 0 Å². The lowest BCUT2D eigenvalue weighted by molar-refractivity contribution is 0.435. The summed E-state index contributed by atoms with van der Waals surface area (Å²) in [5, 5.41) is 0.0437. The molecule has 0 bridgehead atoms. The maximum absolute atomic E-state index is 6.38. The molecule has 1 saturated carbocycles. The second kappa shape index (κ2) is 3.04. The number of fused-ring (bicyclic) bond motifs is 1. The summed E-state index contributed by atoms with van der Waals surface area (Å²) in [5.41, 5.74) is 3.06. The highest BCUT2D eigenvalue weighted by Gasteiger charge is 2.36. The minimum atomic E-state index is 0.0437. The van der Waals surface area contributed by atoms with Crippen LogP contribution in [0.1, 0.15) is 39.5 Å². The minimum Gasteiger partial charge on any atom is -0.0808 e. The smallest absolute Gasteiger partial charge is 0.0758 e. The molecule has 0 saturated heterocycles. The van der Waals surface area contributed by atoms with Crippen LogP contribution in [0.15, 0.2) is 23.3 Å². The summed E-state index contributed by atoms with van der Waals surface area (Å²) in [5.74, 6) is 0.583. The highest BCUT2D eigenvalue weighted by molar-refractivity contribution is 6.16. The van der Waals surface area contributed by atoms with Gasteiger partial charge in [-0.1, -0.05) is 31.3 Å². The van der Waals surface area contributed by atoms with E-state index in [0.717, 1.165) is 12.8 Å². The van der Waals surface area contributed by atoms with E-state index in [1.165, 1.54) is 24.0 Å². The third kappa shape index (κ3) is 1.49. The molecule has 68 valence electrons. The van der Waals surface area contributed by atoms with Crippen molar-refractivity contribution in [3.05, 3.63) is 23.3 Å². The fourth-order valence-corrected chi connectivity index (χ4v) is 2.33. The van der Waals surface area contributed by atoms with Crippen molar-refractivity contribution in [2.75, 3.05) is 0 Å². The molecule has 2 aliphatic carbocycles. The van der Waals surface area contributed by atoms with Gasteiger partial charge in [-0.05, 0) is 42.7 Å². The average molecular weight is 172 g/mol. The molecule has 0 aromatic rings. The van der Waals surface area contributed by atoms with Crippen LogP contribution < -0.4 is 0 Å². The lowest BCUT2D eigenvalue weighted by Crippen LogP contribution is -2.15. The van der Waals surface area contributed by atoms with Gasteiger partial charge in [0.2, 0.25) is 0 Å². The van der Waals surface area contributed by atoms with Crippen LogP contribution in [-0.2, 0) is 0 Å². The van der Waals surface area contributed by atoms with E-state index < -0.39 is 0 Å². The maximum Gasteiger partial charge on any atom is 0.0758 e. The number of rotatable bonds is 1. The summed E-state index contributed by atoms with van der Waals surface area (Å²) in [6.45, 7) is 4.47. The van der Waals surface area contributed by atoms with E-state index in [1.807, 2.05) is 0 Å². The van der Waals surface area contributed by atoms with Gasteiger partial charge in [0.05, 0.1) is 7.85 Å². The van der Waals surface area contributed by atoms with E-state index in [0.29, 0.717) is 5.92 Å². The van der Waals surface area contributed by atoms with E-state index >= 15 is 0 Å². The summed E-state index contributed by atoms with van der Waals surface area (Å²) in [6.07, 6.45) is 9.38. The Morgan fingerprint density at radius 1 is 1.15 bits per heavy atom. The molecule has 0 aromatic heterocycles. The molecular formula is C12H17B. The van der Waals surface area contributed by atoms with E-state index in [4.69, 9.17) is 7.85 Å². The van der Waals surface area contributed by atoms with Crippen molar-refractivity contribution in [2.45, 2.75) is 44.8 Å². The van der Waals surface area contributed by atoms with Gasteiger partial charge in [0.25, 0.3) is 0 Å². The molecule has 0 aliphatic heterocycles. The SMILES string of the molecule is [B]C1(C(C)C)CC2=CCCC=C2C1. The second-order valence-electron chi connectivity index (χ2n) is 4.78. The Bertz CT molecular complexity index is 249. The van der Waals surface area contributed by atoms with Crippen LogP contribution in [0.25, 0.3) is 0 Å². The van der Waals surface area contributed by atoms with Crippen LogP contribution in [0.5, 0.6) is 0 Å². The maximum atomic E-state index is 6.38. The summed E-state index contributed by atoms with van der Waals surface area (Å²) in [6, 6.07) is 0. The van der Waals surface area contributed by atoms with Crippen LogP contribution in [0, 0.1) is 5.92 Å². The molecule has 0 heterocycles. The minimum absolute atomic E-state index is 0.0437. The molecule has 1 heteroatoms. The van der Waals surface area contributed by atoms with E-state index in [9.17, 15) is 0 Å². The van der Waals surface area contributed by atoms with Gasteiger partial charge in [-0.2, -0.15) is 0 Å². The van der Waals surface area contributed by atoms with Crippen molar-refractivity contribution in [2.24, 2.45) is 5.92 Å². The van der Waals surface area contributed by atoms with E-state index in [2.05, 4.69) is 26.0 Å². The Balaban J connectivity index is 2.24. The molecule has 0 atom stereocenters. The van der Waals surface area contributed by atoms with Crippen molar-refractivity contribution >= 4 is 7.85 Å². The number of hydrogen-bond donors (Lipinski definition) is 0. The standard InChI is InChI=1S/C12H17B/c1-9(2)12(13)7-10-5-3-4-6-11(10)8-12/h5-6,9H,3-4,7-8H2,1-2H3. The lowest BCUT2D eigenvalue weighted by Gasteiger charge is -2.28. The molecule has 0 spiro atoms. The molecule has 0 unspecified atom stereocenters. The van der Waals surface area contributed by atoms with Crippen molar-refractivity contribution in [3.8, 4) is 0 Å². The first-order valence-electron chi connectivity index (χ1n) is 5.29. The summed E-state index contributed by atoms with van der Waals surface area (Å²) in [4.78, 5) is 0. The third-order valence-electron chi connectivity index (χ3n) is 3.55. The molecule has 1 fully saturated rings. The van der Waals surface area contributed by atoms with Crippen LogP contribution in [-0.4, -0.2) is 7.85 Å². The topological polar surface area (TPSA) is 0 Å². The van der Waals surface area contributed by atoms with Gasteiger partial charge in [-0.15, -0.1) is 0 Å². The zero-order valence-electron chi connectivity index (χ0n) is 8.64. The second-order valence-corrected chi connectivity index (χ2v) is 4.78. The van der Waals surface area contributed by atoms with Gasteiger partial charge in [0, 0.05) is 0 Å².